The summed E-state index contributed by atoms with van der Waals surface area (Å²) in [5, 5.41) is 2.44. The second kappa shape index (κ2) is 9.66. The second-order valence-electron chi connectivity index (χ2n) is 6.99. The van der Waals surface area contributed by atoms with Crippen LogP contribution in [0.25, 0.3) is 0 Å². The summed E-state index contributed by atoms with van der Waals surface area (Å²) in [5.41, 5.74) is 1.44. The largest absolute Gasteiger partial charge is 0.497 e. The normalized spacial score (nSPS) is 11.3. The molecular formula is C23H21ClF2N2O2S. The molecule has 0 atom stereocenters. The van der Waals surface area contributed by atoms with Gasteiger partial charge >= 0.3 is 0 Å². The summed E-state index contributed by atoms with van der Waals surface area (Å²) in [6.07, 6.45) is 1.45. The van der Waals surface area contributed by atoms with Crippen LogP contribution in [0.3, 0.4) is 0 Å². The minimum Gasteiger partial charge on any atom is -0.497 e. The summed E-state index contributed by atoms with van der Waals surface area (Å²) in [6.45, 7) is 2.64. The van der Waals surface area contributed by atoms with Crippen LogP contribution in [0.1, 0.15) is 27.0 Å². The van der Waals surface area contributed by atoms with E-state index in [9.17, 15) is 13.6 Å². The average Bonchev–Trinajstić information content (AvgIpc) is 2.73. The number of methoxy groups -OCH3 is 1. The fourth-order valence-electron chi connectivity index (χ4n) is 3.05. The van der Waals surface area contributed by atoms with E-state index in [0.29, 0.717) is 16.2 Å². The van der Waals surface area contributed by atoms with Gasteiger partial charge in [0.05, 0.1) is 19.2 Å². The summed E-state index contributed by atoms with van der Waals surface area (Å²) >= 11 is 7.24. The first-order chi connectivity index (χ1) is 14.7. The first-order valence-corrected chi connectivity index (χ1v) is 10.6. The summed E-state index contributed by atoms with van der Waals surface area (Å²) in [7, 11) is 1.57. The topological polar surface area (TPSA) is 51.2 Å². The molecule has 31 heavy (non-hydrogen) atoms. The zero-order valence-corrected chi connectivity index (χ0v) is 18.8. The first-order valence-electron chi connectivity index (χ1n) is 9.41. The van der Waals surface area contributed by atoms with E-state index in [4.69, 9.17) is 16.3 Å². The third kappa shape index (κ3) is 5.74. The fourth-order valence-corrected chi connectivity index (χ4v) is 4.10. The van der Waals surface area contributed by atoms with Gasteiger partial charge in [0.2, 0.25) is 0 Å². The first kappa shape index (κ1) is 23.0. The van der Waals surface area contributed by atoms with Gasteiger partial charge in [-0.05, 0) is 49.7 Å². The molecule has 3 rings (SSSR count). The number of nitrogens with one attached hydrogen (secondary N) is 1. The standard InChI is InChI=1S/C23H21ClF2N2O2S/c1-14-4-9-19(15(2)10-14)23(25,26)13-28-22(29)18-11-21(24)27-12-20(18)31-17-7-5-16(30-3)6-8-17/h4-12H,13H2,1-3H3,(H,28,29). The molecule has 2 aromatic carbocycles. The van der Waals surface area contributed by atoms with Gasteiger partial charge in [-0.3, -0.25) is 4.79 Å². The summed E-state index contributed by atoms with van der Waals surface area (Å²) in [4.78, 5) is 18.1. The van der Waals surface area contributed by atoms with Crippen molar-refractivity contribution in [3.63, 3.8) is 0 Å². The highest BCUT2D eigenvalue weighted by molar-refractivity contribution is 7.99. The van der Waals surface area contributed by atoms with Gasteiger partial charge in [0, 0.05) is 21.6 Å². The van der Waals surface area contributed by atoms with Crippen LogP contribution in [-0.2, 0) is 5.92 Å². The van der Waals surface area contributed by atoms with Crippen molar-refractivity contribution >= 4 is 29.3 Å². The van der Waals surface area contributed by atoms with Crippen molar-refractivity contribution in [2.75, 3.05) is 13.7 Å². The highest BCUT2D eigenvalue weighted by Crippen LogP contribution is 2.33. The van der Waals surface area contributed by atoms with E-state index in [1.165, 1.54) is 30.1 Å². The molecule has 0 spiro atoms. The van der Waals surface area contributed by atoms with Gasteiger partial charge in [-0.15, -0.1) is 0 Å². The predicted molar refractivity (Wildman–Crippen MR) is 119 cm³/mol. The van der Waals surface area contributed by atoms with Crippen molar-refractivity contribution in [3.05, 3.63) is 82.1 Å². The lowest BCUT2D eigenvalue weighted by atomic mass is 10.00. The molecule has 0 aliphatic heterocycles. The molecule has 0 fully saturated rings. The number of alkyl halides is 2. The summed E-state index contributed by atoms with van der Waals surface area (Å²) in [5.74, 6) is -3.16. The van der Waals surface area contributed by atoms with Crippen molar-refractivity contribution < 1.29 is 18.3 Å². The molecule has 3 aromatic rings. The molecule has 1 N–H and O–H groups in total. The van der Waals surface area contributed by atoms with E-state index in [1.54, 1.807) is 38.3 Å². The maximum Gasteiger partial charge on any atom is 0.290 e. The quantitative estimate of drug-likeness (QED) is 0.435. The van der Waals surface area contributed by atoms with Gasteiger partial charge in [0.1, 0.15) is 10.9 Å². The molecule has 4 nitrogen and oxygen atoms in total. The number of nitrogens with zero attached hydrogens (tertiary/aromatic N) is 1. The van der Waals surface area contributed by atoms with Crippen molar-refractivity contribution in [3.8, 4) is 5.75 Å². The molecule has 0 saturated heterocycles. The van der Waals surface area contributed by atoms with Crippen molar-refractivity contribution in [2.45, 2.75) is 29.6 Å². The zero-order valence-electron chi connectivity index (χ0n) is 17.2. The molecule has 0 bridgehead atoms. The lowest BCUT2D eigenvalue weighted by Crippen LogP contribution is -2.35. The van der Waals surface area contributed by atoms with Gasteiger partial charge in [0.25, 0.3) is 11.8 Å². The SMILES string of the molecule is COc1ccc(Sc2cnc(Cl)cc2C(=O)NCC(F)(F)c2ccc(C)cc2C)cc1. The third-order valence-corrected chi connectivity index (χ3v) is 5.87. The fraction of sp³-hybridized carbons (Fsp3) is 0.217. The minimum absolute atomic E-state index is 0.102. The van der Waals surface area contributed by atoms with E-state index in [2.05, 4.69) is 10.3 Å². The third-order valence-electron chi connectivity index (χ3n) is 4.61. The molecule has 162 valence electrons. The number of rotatable bonds is 7. The van der Waals surface area contributed by atoms with Crippen molar-refractivity contribution in [1.82, 2.24) is 10.3 Å². The number of hydrogen-bond donors (Lipinski definition) is 1. The monoisotopic (exact) mass is 462 g/mol. The molecule has 0 radical (unpaired) electrons. The number of pyridine rings is 1. The number of aryl methyl sites for hydroxylation is 2. The Morgan fingerprint density at radius 1 is 1.16 bits per heavy atom. The Balaban J connectivity index is 1.78. The number of amides is 1. The van der Waals surface area contributed by atoms with E-state index in [1.807, 2.05) is 19.1 Å². The summed E-state index contributed by atoms with van der Waals surface area (Å²) in [6, 6.07) is 13.3. The number of hydrogen-bond acceptors (Lipinski definition) is 4. The smallest absolute Gasteiger partial charge is 0.290 e. The Morgan fingerprint density at radius 3 is 2.52 bits per heavy atom. The Bertz CT molecular complexity index is 1090. The average molecular weight is 463 g/mol. The maximum atomic E-state index is 14.8. The number of halogens is 3. The van der Waals surface area contributed by atoms with Crippen molar-refractivity contribution in [1.29, 1.82) is 0 Å². The van der Waals surface area contributed by atoms with E-state index in [0.717, 1.165) is 10.5 Å². The minimum atomic E-state index is -3.21. The van der Waals surface area contributed by atoms with Crippen LogP contribution in [0, 0.1) is 13.8 Å². The van der Waals surface area contributed by atoms with Crippen molar-refractivity contribution in [2.24, 2.45) is 0 Å². The van der Waals surface area contributed by atoms with Crippen LogP contribution in [0.4, 0.5) is 8.78 Å². The lowest BCUT2D eigenvalue weighted by Gasteiger charge is -2.20. The van der Waals surface area contributed by atoms with Gasteiger partial charge in [0.15, 0.2) is 0 Å². The Labute approximate surface area is 189 Å². The Hall–Kier alpha value is -2.64. The predicted octanol–water partition coefficient (Wildman–Crippen LogP) is 6.03. The van der Waals surface area contributed by atoms with Gasteiger partial charge < -0.3 is 10.1 Å². The Kier molecular flexibility index (Phi) is 7.18. The molecule has 8 heteroatoms. The number of ether oxygens (including phenoxy) is 1. The highest BCUT2D eigenvalue weighted by Gasteiger charge is 2.34. The van der Waals surface area contributed by atoms with E-state index in [-0.39, 0.29) is 16.3 Å². The van der Waals surface area contributed by atoms with Crippen LogP contribution >= 0.6 is 23.4 Å². The van der Waals surface area contributed by atoms with Gasteiger partial charge in [-0.25, -0.2) is 4.98 Å². The molecule has 1 aromatic heterocycles. The zero-order chi connectivity index (χ0) is 22.6. The Morgan fingerprint density at radius 2 is 1.87 bits per heavy atom. The van der Waals surface area contributed by atoms with Crippen LogP contribution in [-0.4, -0.2) is 24.5 Å². The van der Waals surface area contributed by atoms with E-state index < -0.39 is 18.4 Å². The number of benzene rings is 2. The molecule has 0 aliphatic carbocycles. The number of carbonyl (C=O) groups is 1. The van der Waals surface area contributed by atoms with Gasteiger partial charge in [-0.1, -0.05) is 47.1 Å². The molecule has 1 amide bonds. The number of carbonyl (C=O) groups excluding carboxylic acids is 1. The molecule has 1 heterocycles. The van der Waals surface area contributed by atoms with Crippen LogP contribution in [0.5, 0.6) is 5.75 Å². The lowest BCUT2D eigenvalue weighted by molar-refractivity contribution is -0.00310. The maximum absolute atomic E-state index is 14.8. The molecule has 0 aliphatic rings. The molecular weight excluding hydrogens is 442 g/mol. The highest BCUT2D eigenvalue weighted by atomic mass is 35.5. The molecule has 0 unspecified atom stereocenters. The van der Waals surface area contributed by atoms with Crippen LogP contribution in [0.15, 0.2) is 64.5 Å². The second-order valence-corrected chi connectivity index (χ2v) is 8.49. The number of aromatic nitrogens is 1. The van der Waals surface area contributed by atoms with Crippen LogP contribution in [0.2, 0.25) is 5.15 Å². The summed E-state index contributed by atoms with van der Waals surface area (Å²) < 4.78 is 34.6. The van der Waals surface area contributed by atoms with Crippen LogP contribution < -0.4 is 10.1 Å². The van der Waals surface area contributed by atoms with E-state index >= 15 is 0 Å². The van der Waals surface area contributed by atoms with Gasteiger partial charge in [-0.2, -0.15) is 8.78 Å². The molecule has 0 saturated carbocycles.